The number of carbonyl (C=O) groups is 1. The predicted molar refractivity (Wildman–Crippen MR) is 147 cm³/mol. The fourth-order valence-electron chi connectivity index (χ4n) is 4.63. The molecule has 0 spiro atoms. The monoisotopic (exact) mass is 622 g/mol. The highest BCUT2D eigenvalue weighted by Gasteiger charge is 2.46. The van der Waals surface area contributed by atoms with E-state index in [1.165, 1.54) is 6.20 Å². The van der Waals surface area contributed by atoms with Gasteiger partial charge in [0.25, 0.3) is 10.0 Å². The lowest BCUT2D eigenvalue weighted by atomic mass is 10.0. The van der Waals surface area contributed by atoms with Crippen LogP contribution in [0.2, 0.25) is 0 Å². The maximum atomic E-state index is 14.6. The Kier molecular flexibility index (Phi) is 8.12. The molecule has 9 nitrogen and oxygen atoms in total. The van der Waals surface area contributed by atoms with Gasteiger partial charge >= 0.3 is 12.1 Å². The van der Waals surface area contributed by atoms with Gasteiger partial charge in [-0.25, -0.2) is 18.6 Å². The van der Waals surface area contributed by atoms with Crippen molar-refractivity contribution in [3.63, 3.8) is 0 Å². The van der Waals surface area contributed by atoms with Gasteiger partial charge in [-0.15, -0.1) is 0 Å². The number of benzene rings is 3. The van der Waals surface area contributed by atoms with Gasteiger partial charge in [0.2, 0.25) is 5.88 Å². The van der Waals surface area contributed by atoms with Crippen molar-refractivity contribution in [2.75, 3.05) is 42.7 Å². The first-order valence-electron chi connectivity index (χ1n) is 12.7. The molecular formula is C28H23F5N4O5S. The molecule has 1 saturated heterocycles. The average molecular weight is 623 g/mol. The zero-order chi connectivity index (χ0) is 30.9. The number of aromatic nitrogens is 1. The number of rotatable bonds is 7. The Hall–Kier alpha value is -4.50. The number of hydrogen-bond acceptors (Lipinski definition) is 8. The van der Waals surface area contributed by atoms with E-state index in [1.54, 1.807) is 12.1 Å². The van der Waals surface area contributed by atoms with E-state index in [2.05, 4.69) is 20.0 Å². The van der Waals surface area contributed by atoms with Crippen molar-refractivity contribution in [3.8, 4) is 17.0 Å². The maximum absolute atomic E-state index is 14.6. The first-order chi connectivity index (χ1) is 20.4. The number of alkyl halides is 3. The quantitative estimate of drug-likeness (QED) is 0.232. The summed E-state index contributed by atoms with van der Waals surface area (Å²) in [6, 6.07) is 13.4. The Labute approximate surface area is 242 Å². The van der Waals surface area contributed by atoms with Crippen LogP contribution in [-0.4, -0.2) is 58.8 Å². The van der Waals surface area contributed by atoms with Gasteiger partial charge in [-0.3, -0.25) is 0 Å². The molecule has 226 valence electrons. The molecule has 0 unspecified atom stereocenters. The van der Waals surface area contributed by atoms with Gasteiger partial charge in [-0.2, -0.15) is 21.6 Å². The number of methoxy groups -OCH3 is 1. The molecule has 1 aliphatic heterocycles. The fourth-order valence-corrected chi connectivity index (χ4v) is 5.91. The van der Waals surface area contributed by atoms with Crippen molar-refractivity contribution in [2.24, 2.45) is 0 Å². The lowest BCUT2D eigenvalue weighted by Crippen LogP contribution is -2.43. The number of sulfonamides is 1. The molecule has 0 saturated carbocycles. The van der Waals surface area contributed by atoms with Crippen LogP contribution >= 0.6 is 0 Å². The van der Waals surface area contributed by atoms with Gasteiger partial charge in [0.15, 0.2) is 5.69 Å². The summed E-state index contributed by atoms with van der Waals surface area (Å²) in [5.41, 5.74) is 0.865. The molecule has 1 fully saturated rings. The Morgan fingerprint density at radius 2 is 1.74 bits per heavy atom. The molecular weight excluding hydrogens is 599 g/mol. The summed E-state index contributed by atoms with van der Waals surface area (Å²) in [5.74, 6) is -6.26. The molecule has 5 rings (SSSR count). The van der Waals surface area contributed by atoms with Crippen LogP contribution in [0.3, 0.4) is 0 Å². The van der Waals surface area contributed by atoms with Gasteiger partial charge in [0.05, 0.1) is 7.11 Å². The largest absolute Gasteiger partial charge is 0.493 e. The molecule has 4 aromatic rings. The minimum atomic E-state index is -5.63. The van der Waals surface area contributed by atoms with Crippen molar-refractivity contribution in [2.45, 2.75) is 11.1 Å². The van der Waals surface area contributed by atoms with E-state index < -0.39 is 54.7 Å². The van der Waals surface area contributed by atoms with Crippen molar-refractivity contribution < 1.29 is 44.7 Å². The van der Waals surface area contributed by atoms with Gasteiger partial charge in [-0.1, -0.05) is 28.7 Å². The van der Waals surface area contributed by atoms with Gasteiger partial charge in [0, 0.05) is 55.1 Å². The predicted octanol–water partition coefficient (Wildman–Crippen LogP) is 4.81. The van der Waals surface area contributed by atoms with Crippen molar-refractivity contribution in [3.05, 3.63) is 78.5 Å². The number of halogens is 5. The summed E-state index contributed by atoms with van der Waals surface area (Å²) in [6.07, 6.45) is -4.35. The minimum Gasteiger partial charge on any atom is -0.479 e. The topological polar surface area (TPSA) is 101 Å². The highest BCUT2D eigenvalue weighted by molar-refractivity contribution is 7.92. The second-order valence-electron chi connectivity index (χ2n) is 9.39. The van der Waals surface area contributed by atoms with Crippen LogP contribution in [0, 0.1) is 11.6 Å². The van der Waals surface area contributed by atoms with Crippen molar-refractivity contribution in [1.82, 2.24) is 10.3 Å². The molecule has 1 N–H and O–H groups in total. The molecule has 2 heterocycles. The van der Waals surface area contributed by atoms with E-state index >= 15 is 0 Å². The smallest absolute Gasteiger partial charge is 0.479 e. The van der Waals surface area contributed by atoms with Crippen LogP contribution in [0.5, 0.6) is 5.88 Å². The molecule has 0 atom stereocenters. The van der Waals surface area contributed by atoms with Crippen molar-refractivity contribution >= 4 is 38.1 Å². The van der Waals surface area contributed by atoms with Crippen LogP contribution in [0.1, 0.15) is 0 Å². The molecule has 1 aliphatic rings. The molecule has 15 heteroatoms. The van der Waals surface area contributed by atoms with Crippen LogP contribution in [0.4, 0.5) is 33.3 Å². The zero-order valence-corrected chi connectivity index (χ0v) is 23.2. The van der Waals surface area contributed by atoms with E-state index in [9.17, 15) is 35.2 Å². The molecule has 1 aromatic heterocycles. The molecule has 0 aliphatic carbocycles. The van der Waals surface area contributed by atoms with Crippen LogP contribution in [0.15, 0.2) is 71.8 Å². The van der Waals surface area contributed by atoms with E-state index in [-0.39, 0.29) is 11.6 Å². The van der Waals surface area contributed by atoms with Crippen LogP contribution < -0.4 is 19.4 Å². The highest BCUT2D eigenvalue weighted by Crippen LogP contribution is 2.38. The second-order valence-corrected chi connectivity index (χ2v) is 11.1. The highest BCUT2D eigenvalue weighted by atomic mass is 32.2. The van der Waals surface area contributed by atoms with E-state index in [1.807, 2.05) is 24.3 Å². The summed E-state index contributed by atoms with van der Waals surface area (Å²) in [7, 11) is -4.38. The molecule has 43 heavy (non-hydrogen) atoms. The lowest BCUT2D eigenvalue weighted by Gasteiger charge is -2.30. The fraction of sp³-hybridized carbons (Fsp3) is 0.214. The summed E-state index contributed by atoms with van der Waals surface area (Å²) in [6.45, 7) is 3.10. The molecule has 0 amide bonds. The normalized spacial score (nSPS) is 14.0. The molecule has 3 aromatic carbocycles. The third-order valence-corrected chi connectivity index (χ3v) is 8.25. The second kappa shape index (κ2) is 11.6. The average Bonchev–Trinajstić information content (AvgIpc) is 2.98. The number of fused-ring (bicyclic) bond motifs is 1. The number of nitrogens with zero attached hydrogens (tertiary/aromatic N) is 3. The Balaban J connectivity index is 1.66. The lowest BCUT2D eigenvalue weighted by molar-refractivity contribution is -0.199. The molecule has 0 radical (unpaired) electrons. The summed E-state index contributed by atoms with van der Waals surface area (Å²) < 4.78 is 99.4. The molecule has 0 bridgehead atoms. The number of nitrogens with one attached hydrogen (secondary N) is 1. The van der Waals surface area contributed by atoms with Crippen molar-refractivity contribution in [1.29, 1.82) is 0 Å². The van der Waals surface area contributed by atoms with E-state index in [0.29, 0.717) is 17.7 Å². The van der Waals surface area contributed by atoms with E-state index in [0.717, 1.165) is 55.8 Å². The maximum Gasteiger partial charge on any atom is 0.493 e. The Morgan fingerprint density at radius 3 is 2.42 bits per heavy atom. The summed E-state index contributed by atoms with van der Waals surface area (Å²) >= 11 is 0. The van der Waals surface area contributed by atoms with E-state index in [4.69, 9.17) is 4.74 Å². The standard InChI is InChI=1S/C28H23F5N4O5S/c1-41-26-24(37(42-27(38)28(31,32)33)43(39,40)25-8-7-20(29)15-22(25)30)14-19(16-35-26)18-6-5-17-3-2-4-23(21(17)13-18)36-11-9-34-10-12-36/h2-8,13-16,34H,9-12H2,1H3. The first-order valence-corrected chi connectivity index (χ1v) is 14.2. The summed E-state index contributed by atoms with van der Waals surface area (Å²) in [4.78, 5) is 21.1. The number of piperazine rings is 1. The SMILES string of the molecule is COc1ncc(-c2ccc3cccc(N4CCNCC4)c3c2)cc1N(OC(=O)C(F)(F)F)S(=O)(=O)c1ccc(F)cc1F. The van der Waals surface area contributed by atoms with Crippen LogP contribution in [0.25, 0.3) is 21.9 Å². The number of hydrogen-bond donors (Lipinski definition) is 1. The Morgan fingerprint density at radius 1 is 1.00 bits per heavy atom. The van der Waals surface area contributed by atoms with Gasteiger partial charge in [-0.05, 0) is 41.3 Å². The zero-order valence-electron chi connectivity index (χ0n) is 22.4. The Bertz CT molecular complexity index is 1800. The third kappa shape index (κ3) is 6.03. The number of pyridine rings is 1. The number of anilines is 2. The minimum absolute atomic E-state index is 0.204. The summed E-state index contributed by atoms with van der Waals surface area (Å²) in [5, 5.41) is 5.03. The number of carbonyl (C=O) groups excluding carboxylic acids is 1. The van der Waals surface area contributed by atoms with Gasteiger partial charge in [0.1, 0.15) is 16.5 Å². The van der Waals surface area contributed by atoms with Crippen LogP contribution in [-0.2, 0) is 19.7 Å². The first kappa shape index (κ1) is 30.0. The van der Waals surface area contributed by atoms with Gasteiger partial charge < -0.3 is 19.8 Å². The number of ether oxygens (including phenoxy) is 1. The third-order valence-electron chi connectivity index (χ3n) is 6.66.